The highest BCUT2D eigenvalue weighted by atomic mass is 32.2. The average molecular weight is 319 g/mol. The maximum Gasteiger partial charge on any atom is 0.308 e. The molecule has 5 nitrogen and oxygen atoms in total. The molecule has 1 heterocycles. The Hall–Kier alpha value is -2.08. The summed E-state index contributed by atoms with van der Waals surface area (Å²) < 4.78 is 0. The van der Waals surface area contributed by atoms with E-state index >= 15 is 0 Å². The zero-order valence-electron chi connectivity index (χ0n) is 12.6. The number of nitrogens with zero attached hydrogens (tertiary/aromatic N) is 1. The van der Waals surface area contributed by atoms with E-state index in [1.54, 1.807) is 31.5 Å². The molecule has 1 aliphatic heterocycles. The topological polar surface area (TPSA) is 74.7 Å². The van der Waals surface area contributed by atoms with Gasteiger partial charge in [0.1, 0.15) is 5.37 Å². The molecule has 0 aliphatic carbocycles. The van der Waals surface area contributed by atoms with Gasteiger partial charge in [-0.15, -0.1) is 11.8 Å². The molecule has 0 saturated heterocycles. The summed E-state index contributed by atoms with van der Waals surface area (Å²) in [6, 6.07) is 7.07. The number of thioether (sulfide) groups is 1. The third kappa shape index (κ3) is 2.92. The van der Waals surface area contributed by atoms with Crippen molar-refractivity contribution in [3.05, 3.63) is 46.5 Å². The fourth-order valence-electron chi connectivity index (χ4n) is 2.57. The number of carboxylic acids is 1. The Balaban J connectivity index is 2.54. The number of likely N-dealkylation sites (N-methyl/N-ethyl adjacent to an activating group) is 1. The number of benzene rings is 1. The lowest BCUT2D eigenvalue weighted by molar-refractivity contribution is -0.137. The van der Waals surface area contributed by atoms with E-state index in [-0.39, 0.29) is 16.9 Å². The van der Waals surface area contributed by atoms with Crippen LogP contribution in [0.4, 0.5) is 0 Å². The molecule has 0 saturated carbocycles. The van der Waals surface area contributed by atoms with Crippen LogP contribution in [0.2, 0.25) is 0 Å². The first-order valence-corrected chi connectivity index (χ1v) is 8.01. The van der Waals surface area contributed by atoms with Gasteiger partial charge >= 0.3 is 5.97 Å². The highest BCUT2D eigenvalue weighted by Gasteiger charge is 2.40. The lowest BCUT2D eigenvalue weighted by Crippen LogP contribution is -2.30. The number of hydrogen-bond acceptors (Lipinski definition) is 4. The van der Waals surface area contributed by atoms with E-state index in [1.807, 2.05) is 13.0 Å². The Morgan fingerprint density at radius 2 is 2.05 bits per heavy atom. The summed E-state index contributed by atoms with van der Waals surface area (Å²) in [4.78, 5) is 37.5. The molecular formula is C16H17NO4S. The van der Waals surface area contributed by atoms with Gasteiger partial charge in [-0.1, -0.05) is 23.8 Å². The van der Waals surface area contributed by atoms with Gasteiger partial charge in [-0.25, -0.2) is 0 Å². The number of ketones is 1. The van der Waals surface area contributed by atoms with Crippen molar-refractivity contribution in [1.29, 1.82) is 0 Å². The van der Waals surface area contributed by atoms with Crippen molar-refractivity contribution in [2.24, 2.45) is 0 Å². The number of Topliss-reactive ketones (excluding diaryl/α,β-unsaturated/α-hetero) is 1. The molecule has 0 bridgehead atoms. The van der Waals surface area contributed by atoms with Crippen molar-refractivity contribution in [3.8, 4) is 0 Å². The lowest BCUT2D eigenvalue weighted by Gasteiger charge is -2.20. The third-order valence-electron chi connectivity index (χ3n) is 3.58. The quantitative estimate of drug-likeness (QED) is 0.841. The van der Waals surface area contributed by atoms with Gasteiger partial charge in [-0.05, 0) is 19.2 Å². The van der Waals surface area contributed by atoms with Gasteiger partial charge in [0.05, 0.1) is 6.42 Å². The lowest BCUT2D eigenvalue weighted by atomic mass is 9.97. The Morgan fingerprint density at radius 3 is 2.59 bits per heavy atom. The van der Waals surface area contributed by atoms with Crippen LogP contribution in [-0.2, 0) is 9.59 Å². The Labute approximate surface area is 133 Å². The molecule has 22 heavy (non-hydrogen) atoms. The molecule has 0 spiro atoms. The number of aryl methyl sites for hydroxylation is 1. The minimum atomic E-state index is -1.12. The van der Waals surface area contributed by atoms with E-state index in [4.69, 9.17) is 5.11 Å². The second-order valence-corrected chi connectivity index (χ2v) is 6.08. The second-order valence-electron chi connectivity index (χ2n) is 5.17. The number of amides is 1. The number of aliphatic carboxylic acids is 1. The minimum absolute atomic E-state index is 0.0841. The number of carbonyl (C=O) groups is 3. The van der Waals surface area contributed by atoms with Crippen molar-refractivity contribution in [2.75, 3.05) is 13.3 Å². The fourth-order valence-corrected chi connectivity index (χ4v) is 3.46. The molecule has 0 fully saturated rings. The molecular weight excluding hydrogens is 302 g/mol. The number of carbonyl (C=O) groups excluding carboxylic acids is 2. The highest BCUT2D eigenvalue weighted by molar-refractivity contribution is 7.99. The minimum Gasteiger partial charge on any atom is -0.481 e. The van der Waals surface area contributed by atoms with Crippen molar-refractivity contribution >= 4 is 29.4 Å². The monoisotopic (exact) mass is 319 g/mol. The van der Waals surface area contributed by atoms with Crippen molar-refractivity contribution in [3.63, 3.8) is 0 Å². The van der Waals surface area contributed by atoms with Crippen LogP contribution in [0.5, 0.6) is 0 Å². The van der Waals surface area contributed by atoms with E-state index in [2.05, 4.69) is 0 Å². The van der Waals surface area contributed by atoms with Crippen LogP contribution in [0.25, 0.3) is 0 Å². The molecule has 1 aromatic rings. The summed E-state index contributed by atoms with van der Waals surface area (Å²) in [7, 11) is 1.59. The van der Waals surface area contributed by atoms with E-state index in [0.29, 0.717) is 5.56 Å². The molecule has 1 aliphatic rings. The Bertz CT molecular complexity index is 680. The molecule has 2 rings (SSSR count). The molecule has 6 heteroatoms. The van der Waals surface area contributed by atoms with E-state index in [9.17, 15) is 14.4 Å². The van der Waals surface area contributed by atoms with Gasteiger partial charge in [-0.2, -0.15) is 0 Å². The first-order valence-electron chi connectivity index (χ1n) is 6.73. The van der Waals surface area contributed by atoms with Crippen LogP contribution in [-0.4, -0.2) is 46.3 Å². The largest absolute Gasteiger partial charge is 0.481 e. The molecule has 1 aromatic carbocycles. The molecule has 0 unspecified atom stereocenters. The predicted molar refractivity (Wildman–Crippen MR) is 84.9 cm³/mol. The summed E-state index contributed by atoms with van der Waals surface area (Å²) in [5, 5.41) is 8.58. The normalized spacial score (nSPS) is 18.0. The summed E-state index contributed by atoms with van der Waals surface area (Å²) in [5.41, 5.74) is 1.78. The molecule has 1 atom stereocenters. The summed E-state index contributed by atoms with van der Waals surface area (Å²) >= 11 is 1.34. The van der Waals surface area contributed by atoms with Crippen molar-refractivity contribution in [1.82, 2.24) is 4.90 Å². The maximum atomic E-state index is 12.8. The van der Waals surface area contributed by atoms with Gasteiger partial charge in [0.25, 0.3) is 5.91 Å². The van der Waals surface area contributed by atoms with Crippen LogP contribution in [0.1, 0.15) is 22.3 Å². The first-order chi connectivity index (χ1) is 10.4. The van der Waals surface area contributed by atoms with E-state index in [1.165, 1.54) is 16.7 Å². The van der Waals surface area contributed by atoms with Crippen LogP contribution < -0.4 is 0 Å². The van der Waals surface area contributed by atoms with Crippen LogP contribution in [0.3, 0.4) is 0 Å². The predicted octanol–water partition coefficient (Wildman–Crippen LogP) is 2.11. The Morgan fingerprint density at radius 1 is 1.36 bits per heavy atom. The van der Waals surface area contributed by atoms with Crippen molar-refractivity contribution in [2.45, 2.75) is 18.7 Å². The number of rotatable bonds is 5. The molecule has 1 amide bonds. The van der Waals surface area contributed by atoms with Crippen LogP contribution in [0.15, 0.2) is 35.4 Å². The summed E-state index contributed by atoms with van der Waals surface area (Å²) in [5.74, 6) is -1.79. The summed E-state index contributed by atoms with van der Waals surface area (Å²) in [6.07, 6.45) is 1.36. The number of hydrogen-bond donors (Lipinski definition) is 1. The standard InChI is InChI=1S/C16H17NO4S/c1-9-5-4-6-10(7-9)14(20)13-11(8-12(18)19)15(21)17(2)16(13)22-3/h4-7,16H,8H2,1-3H3,(H,18,19)/t16-/m0/s1. The molecule has 1 N–H and O–H groups in total. The van der Waals surface area contributed by atoms with Gasteiger partial charge in [0.15, 0.2) is 5.78 Å². The molecule has 0 aromatic heterocycles. The zero-order valence-corrected chi connectivity index (χ0v) is 13.4. The second kappa shape index (κ2) is 6.36. The smallest absolute Gasteiger partial charge is 0.308 e. The van der Waals surface area contributed by atoms with Gasteiger partial charge in [-0.3, -0.25) is 14.4 Å². The third-order valence-corrected chi connectivity index (χ3v) is 4.58. The van der Waals surface area contributed by atoms with E-state index < -0.39 is 23.7 Å². The highest BCUT2D eigenvalue weighted by Crippen LogP contribution is 2.34. The first kappa shape index (κ1) is 16.3. The maximum absolute atomic E-state index is 12.8. The number of carboxylic acid groups (broad SMARTS) is 1. The van der Waals surface area contributed by atoms with Crippen LogP contribution >= 0.6 is 11.8 Å². The van der Waals surface area contributed by atoms with Gasteiger partial charge in [0, 0.05) is 23.8 Å². The summed E-state index contributed by atoms with van der Waals surface area (Å²) in [6.45, 7) is 1.88. The molecule has 116 valence electrons. The fraction of sp³-hybridized carbons (Fsp3) is 0.312. The van der Waals surface area contributed by atoms with E-state index in [0.717, 1.165) is 5.56 Å². The van der Waals surface area contributed by atoms with Gasteiger partial charge < -0.3 is 10.0 Å². The SMILES string of the molecule is CS[C@H]1C(C(=O)c2cccc(C)c2)=C(CC(=O)O)C(=O)N1C. The van der Waals surface area contributed by atoms with Crippen molar-refractivity contribution < 1.29 is 19.5 Å². The van der Waals surface area contributed by atoms with Crippen LogP contribution in [0, 0.1) is 6.92 Å². The zero-order chi connectivity index (χ0) is 16.4. The molecule has 0 radical (unpaired) electrons. The average Bonchev–Trinajstić information content (AvgIpc) is 2.70. The Kier molecular flexibility index (Phi) is 4.71. The van der Waals surface area contributed by atoms with Gasteiger partial charge in [0.2, 0.25) is 0 Å².